The third kappa shape index (κ3) is 2.84. The Morgan fingerprint density at radius 2 is 2.14 bits per heavy atom. The first-order chi connectivity index (χ1) is 9.87. The van der Waals surface area contributed by atoms with Gasteiger partial charge in [-0.3, -0.25) is 0 Å². The number of nitrogens with zero attached hydrogens (tertiary/aromatic N) is 3. The van der Waals surface area contributed by atoms with Gasteiger partial charge in [-0.2, -0.15) is 5.10 Å². The van der Waals surface area contributed by atoms with E-state index in [9.17, 15) is 10.2 Å². The van der Waals surface area contributed by atoms with Gasteiger partial charge in [-0.15, -0.1) is 0 Å². The van der Waals surface area contributed by atoms with Crippen molar-refractivity contribution in [3.05, 3.63) is 38.9 Å². The van der Waals surface area contributed by atoms with E-state index in [-0.39, 0.29) is 5.41 Å². The lowest BCUT2D eigenvalue weighted by molar-refractivity contribution is -0.0468. The zero-order chi connectivity index (χ0) is 15.2. The monoisotopic (exact) mass is 399 g/mol. The first kappa shape index (κ1) is 14.9. The topological polar surface area (TPSA) is 71.2 Å². The predicted molar refractivity (Wildman–Crippen MR) is 87.1 cm³/mol. The summed E-state index contributed by atoms with van der Waals surface area (Å²) in [5.74, 6) is 0.725. The summed E-state index contributed by atoms with van der Waals surface area (Å²) in [6.45, 7) is 4.45. The van der Waals surface area contributed by atoms with Crippen molar-refractivity contribution in [2.75, 3.05) is 0 Å². The second kappa shape index (κ2) is 5.33. The number of hydrogen-bond donors (Lipinski definition) is 2. The molecule has 0 saturated carbocycles. The van der Waals surface area contributed by atoms with Crippen LogP contribution < -0.4 is 0 Å². The highest BCUT2D eigenvalue weighted by molar-refractivity contribution is 14.1. The molecule has 2 aromatic heterocycles. The summed E-state index contributed by atoms with van der Waals surface area (Å²) in [4.78, 5) is 4.37. The number of rotatable bonds is 2. The van der Waals surface area contributed by atoms with Crippen LogP contribution in [0.15, 0.2) is 18.3 Å². The van der Waals surface area contributed by atoms with Gasteiger partial charge in [0, 0.05) is 15.3 Å². The number of aromatic nitrogens is 3. The summed E-state index contributed by atoms with van der Waals surface area (Å²) in [5.41, 5.74) is 2.56. The minimum absolute atomic E-state index is 0.185. The number of pyridine rings is 1. The number of aliphatic hydroxyl groups is 2. The van der Waals surface area contributed by atoms with Crippen LogP contribution in [0.3, 0.4) is 0 Å². The van der Waals surface area contributed by atoms with E-state index in [0.717, 1.165) is 39.9 Å². The molecule has 2 heterocycles. The third-order valence-corrected chi connectivity index (χ3v) is 4.66. The lowest BCUT2D eigenvalue weighted by Crippen LogP contribution is -2.24. The quantitative estimate of drug-likeness (QED) is 0.601. The zero-order valence-electron chi connectivity index (χ0n) is 12.0. The molecular formula is C15H18IN3O2. The molecule has 0 radical (unpaired) electrons. The van der Waals surface area contributed by atoms with Crippen molar-refractivity contribution in [2.24, 2.45) is 5.41 Å². The molecular weight excluding hydrogens is 381 g/mol. The predicted octanol–water partition coefficient (Wildman–Crippen LogP) is 2.37. The molecule has 0 fully saturated rings. The van der Waals surface area contributed by atoms with Gasteiger partial charge >= 0.3 is 0 Å². The maximum absolute atomic E-state index is 9.58. The Hall–Kier alpha value is -0.990. The number of halogens is 1. The van der Waals surface area contributed by atoms with Crippen molar-refractivity contribution < 1.29 is 10.2 Å². The number of hydrogen-bond acceptors (Lipinski definition) is 4. The molecule has 3 rings (SSSR count). The van der Waals surface area contributed by atoms with Crippen molar-refractivity contribution in [3.8, 4) is 5.82 Å². The summed E-state index contributed by atoms with van der Waals surface area (Å²) >= 11 is 2.24. The van der Waals surface area contributed by atoms with Gasteiger partial charge in [0.05, 0.1) is 5.69 Å². The van der Waals surface area contributed by atoms with Gasteiger partial charge in [0.2, 0.25) is 0 Å². The Labute approximate surface area is 137 Å². The molecule has 1 aliphatic carbocycles. The van der Waals surface area contributed by atoms with Crippen LogP contribution in [-0.4, -0.2) is 25.0 Å². The molecule has 0 bridgehead atoms. The average Bonchev–Trinajstić information content (AvgIpc) is 2.76. The van der Waals surface area contributed by atoms with Gasteiger partial charge in [0.25, 0.3) is 0 Å². The first-order valence-corrected chi connectivity index (χ1v) is 8.04. The molecule has 2 N–H and O–H groups in total. The summed E-state index contributed by atoms with van der Waals surface area (Å²) < 4.78 is 2.84. The molecule has 0 aliphatic heterocycles. The molecule has 112 valence electrons. The van der Waals surface area contributed by atoms with Crippen LogP contribution in [-0.2, 0) is 12.8 Å². The SMILES string of the molecule is CC1(C)CCc2c(C(O)O)nn(-c3cc(I)ccn3)c2C1. The largest absolute Gasteiger partial charge is 0.363 e. The lowest BCUT2D eigenvalue weighted by atomic mass is 9.76. The second-order valence-corrected chi connectivity index (χ2v) is 7.51. The molecule has 0 saturated heterocycles. The van der Waals surface area contributed by atoms with E-state index in [1.807, 2.05) is 12.1 Å². The smallest absolute Gasteiger partial charge is 0.198 e. The number of fused-ring (bicyclic) bond motifs is 1. The summed E-state index contributed by atoms with van der Waals surface area (Å²) in [7, 11) is 0. The summed E-state index contributed by atoms with van der Waals surface area (Å²) in [5, 5.41) is 23.6. The Morgan fingerprint density at radius 1 is 1.38 bits per heavy atom. The molecule has 5 nitrogen and oxygen atoms in total. The molecule has 6 heteroatoms. The molecule has 0 aromatic carbocycles. The van der Waals surface area contributed by atoms with E-state index in [4.69, 9.17) is 0 Å². The molecule has 0 unspecified atom stereocenters. The fraction of sp³-hybridized carbons (Fsp3) is 0.467. The highest BCUT2D eigenvalue weighted by atomic mass is 127. The lowest BCUT2D eigenvalue weighted by Gasteiger charge is -2.30. The summed E-state index contributed by atoms with van der Waals surface area (Å²) in [6, 6.07) is 3.87. The Balaban J connectivity index is 2.17. The van der Waals surface area contributed by atoms with E-state index in [2.05, 4.69) is 46.5 Å². The minimum atomic E-state index is -1.54. The molecule has 2 aromatic rings. The van der Waals surface area contributed by atoms with Gasteiger partial charge < -0.3 is 10.2 Å². The van der Waals surface area contributed by atoms with Crippen LogP contribution >= 0.6 is 22.6 Å². The van der Waals surface area contributed by atoms with Crippen molar-refractivity contribution in [1.82, 2.24) is 14.8 Å². The highest BCUT2D eigenvalue weighted by Crippen LogP contribution is 2.38. The first-order valence-electron chi connectivity index (χ1n) is 6.96. The van der Waals surface area contributed by atoms with E-state index >= 15 is 0 Å². The van der Waals surface area contributed by atoms with Crippen LogP contribution in [0.4, 0.5) is 0 Å². The minimum Gasteiger partial charge on any atom is -0.363 e. The Bertz CT molecular complexity index is 680. The van der Waals surface area contributed by atoms with Gasteiger partial charge in [0.1, 0.15) is 5.69 Å². The maximum Gasteiger partial charge on any atom is 0.198 e. The summed E-state index contributed by atoms with van der Waals surface area (Å²) in [6.07, 6.45) is 2.90. The highest BCUT2D eigenvalue weighted by Gasteiger charge is 2.32. The molecule has 1 aliphatic rings. The fourth-order valence-electron chi connectivity index (χ4n) is 2.87. The Kier molecular flexibility index (Phi) is 3.79. The van der Waals surface area contributed by atoms with Crippen LogP contribution in [0.5, 0.6) is 0 Å². The van der Waals surface area contributed by atoms with Gasteiger partial charge in [-0.25, -0.2) is 9.67 Å². The fourth-order valence-corrected chi connectivity index (χ4v) is 3.31. The van der Waals surface area contributed by atoms with E-state index in [0.29, 0.717) is 5.69 Å². The van der Waals surface area contributed by atoms with Crippen molar-refractivity contribution in [1.29, 1.82) is 0 Å². The zero-order valence-corrected chi connectivity index (χ0v) is 14.2. The third-order valence-electron chi connectivity index (χ3n) is 3.99. The number of aliphatic hydroxyl groups excluding tert-OH is 1. The van der Waals surface area contributed by atoms with Gasteiger partial charge in [-0.05, 0) is 59.4 Å². The second-order valence-electron chi connectivity index (χ2n) is 6.27. The van der Waals surface area contributed by atoms with Crippen LogP contribution in [0.2, 0.25) is 0 Å². The molecule has 0 amide bonds. The Morgan fingerprint density at radius 3 is 2.81 bits per heavy atom. The molecule has 21 heavy (non-hydrogen) atoms. The van der Waals surface area contributed by atoms with Crippen molar-refractivity contribution >= 4 is 22.6 Å². The van der Waals surface area contributed by atoms with Crippen LogP contribution in [0.25, 0.3) is 5.82 Å². The standard InChI is InChI=1S/C15H18IN3O2/c1-15(2)5-3-10-11(8-15)19(18-13(10)14(20)21)12-7-9(16)4-6-17-12/h4,6-7,14,20-21H,3,5,8H2,1-2H3. The van der Waals surface area contributed by atoms with Gasteiger partial charge in [0.15, 0.2) is 12.1 Å². The van der Waals surface area contributed by atoms with Crippen LogP contribution in [0, 0.1) is 8.99 Å². The normalized spacial score (nSPS) is 17.0. The average molecular weight is 399 g/mol. The van der Waals surface area contributed by atoms with E-state index in [1.165, 1.54) is 0 Å². The maximum atomic E-state index is 9.58. The molecule has 0 atom stereocenters. The van der Waals surface area contributed by atoms with E-state index < -0.39 is 6.29 Å². The van der Waals surface area contributed by atoms with E-state index in [1.54, 1.807) is 10.9 Å². The van der Waals surface area contributed by atoms with Crippen molar-refractivity contribution in [2.45, 2.75) is 39.4 Å². The van der Waals surface area contributed by atoms with Gasteiger partial charge in [-0.1, -0.05) is 13.8 Å². The molecule has 0 spiro atoms. The van der Waals surface area contributed by atoms with Crippen LogP contribution in [0.1, 0.15) is 43.5 Å². The van der Waals surface area contributed by atoms with Crippen molar-refractivity contribution in [3.63, 3.8) is 0 Å².